The molecule has 0 fully saturated rings. The molecule has 8 heteroatoms. The Labute approximate surface area is 121 Å². The second-order valence-electron chi connectivity index (χ2n) is 4.52. The molecule has 3 aromatic rings. The van der Waals surface area contributed by atoms with E-state index < -0.39 is 17.7 Å². The number of halogens is 3. The summed E-state index contributed by atoms with van der Waals surface area (Å²) < 4.78 is 38.9. The number of fused-ring (bicyclic) bond motifs is 1. The van der Waals surface area contributed by atoms with E-state index in [1.807, 2.05) is 0 Å². The van der Waals surface area contributed by atoms with Gasteiger partial charge in [-0.25, -0.2) is 14.3 Å². The van der Waals surface area contributed by atoms with E-state index in [0.29, 0.717) is 11.3 Å². The molecule has 2 heterocycles. The largest absolute Gasteiger partial charge is 0.477 e. The number of benzene rings is 1. The zero-order valence-corrected chi connectivity index (χ0v) is 10.9. The monoisotopic (exact) mass is 307 g/mol. The molecule has 0 saturated heterocycles. The summed E-state index contributed by atoms with van der Waals surface area (Å²) in [7, 11) is 0. The molecule has 0 amide bonds. The molecule has 22 heavy (non-hydrogen) atoms. The van der Waals surface area contributed by atoms with Gasteiger partial charge in [0.25, 0.3) is 0 Å². The Morgan fingerprint density at radius 2 is 1.82 bits per heavy atom. The van der Waals surface area contributed by atoms with Crippen LogP contribution in [-0.4, -0.2) is 25.7 Å². The Morgan fingerprint density at radius 1 is 1.14 bits per heavy atom. The minimum Gasteiger partial charge on any atom is -0.477 e. The summed E-state index contributed by atoms with van der Waals surface area (Å²) in [5.74, 6) is -1.17. The number of carboxylic acid groups (broad SMARTS) is 1. The van der Waals surface area contributed by atoms with Crippen LogP contribution in [-0.2, 0) is 6.18 Å². The quantitative estimate of drug-likeness (QED) is 0.790. The summed E-state index contributed by atoms with van der Waals surface area (Å²) in [5.41, 5.74) is 0.115. The zero-order valence-electron chi connectivity index (χ0n) is 10.9. The first-order chi connectivity index (χ1) is 10.4. The molecule has 112 valence electrons. The van der Waals surface area contributed by atoms with Crippen molar-refractivity contribution in [2.75, 3.05) is 0 Å². The van der Waals surface area contributed by atoms with Crippen LogP contribution >= 0.6 is 0 Å². The summed E-state index contributed by atoms with van der Waals surface area (Å²) in [5, 5.41) is 12.9. The van der Waals surface area contributed by atoms with Gasteiger partial charge in [0.2, 0.25) is 0 Å². The van der Waals surface area contributed by atoms with E-state index in [2.05, 4.69) is 10.1 Å². The lowest BCUT2D eigenvalue weighted by Crippen LogP contribution is -2.04. The van der Waals surface area contributed by atoms with Crippen molar-refractivity contribution in [2.24, 2.45) is 0 Å². The fourth-order valence-electron chi connectivity index (χ4n) is 2.01. The molecule has 0 radical (unpaired) electrons. The van der Waals surface area contributed by atoms with Gasteiger partial charge in [0.05, 0.1) is 17.5 Å². The fraction of sp³-hybridized carbons (Fsp3) is 0.0714. The van der Waals surface area contributed by atoms with Crippen LogP contribution in [0.15, 0.2) is 42.7 Å². The lowest BCUT2D eigenvalue weighted by atomic mass is 10.1. The molecule has 5 nitrogen and oxygen atoms in total. The number of carbonyl (C=O) groups is 1. The van der Waals surface area contributed by atoms with Gasteiger partial charge < -0.3 is 5.11 Å². The van der Waals surface area contributed by atoms with E-state index in [-0.39, 0.29) is 11.2 Å². The minimum absolute atomic E-state index is 0.0752. The number of alkyl halides is 3. The van der Waals surface area contributed by atoms with E-state index in [1.54, 1.807) is 6.07 Å². The second-order valence-corrected chi connectivity index (χ2v) is 4.52. The lowest BCUT2D eigenvalue weighted by molar-refractivity contribution is -0.137. The molecule has 0 aliphatic rings. The number of hydrogen-bond acceptors (Lipinski definition) is 3. The van der Waals surface area contributed by atoms with Crippen molar-refractivity contribution in [3.8, 4) is 11.3 Å². The van der Waals surface area contributed by atoms with Crippen LogP contribution in [0.1, 0.15) is 15.9 Å². The molecule has 2 aromatic heterocycles. The van der Waals surface area contributed by atoms with Crippen molar-refractivity contribution < 1.29 is 23.1 Å². The standard InChI is InChI=1S/C14H8F3N3O2/c15-14(16,17)9-3-1-8(2-4-9)11-5-6-20-12(19-11)10(7-18-20)13(21)22/h1-7H,(H,21,22). The molecule has 0 spiro atoms. The first-order valence-corrected chi connectivity index (χ1v) is 6.11. The third kappa shape index (κ3) is 2.39. The van der Waals surface area contributed by atoms with E-state index in [9.17, 15) is 18.0 Å². The van der Waals surface area contributed by atoms with Gasteiger partial charge in [0.15, 0.2) is 5.65 Å². The number of aromatic carboxylic acids is 1. The molecule has 0 bridgehead atoms. The summed E-state index contributed by atoms with van der Waals surface area (Å²) in [4.78, 5) is 15.2. The van der Waals surface area contributed by atoms with Crippen LogP contribution in [0, 0.1) is 0 Å². The average molecular weight is 307 g/mol. The third-order valence-corrected chi connectivity index (χ3v) is 3.11. The Morgan fingerprint density at radius 3 is 2.41 bits per heavy atom. The van der Waals surface area contributed by atoms with E-state index in [0.717, 1.165) is 12.1 Å². The molecule has 0 aliphatic carbocycles. The van der Waals surface area contributed by atoms with Crippen LogP contribution < -0.4 is 0 Å². The van der Waals surface area contributed by atoms with Gasteiger partial charge in [-0.3, -0.25) is 0 Å². The SMILES string of the molecule is O=C(O)c1cnn2ccc(-c3ccc(C(F)(F)F)cc3)nc12. The van der Waals surface area contributed by atoms with Crippen molar-refractivity contribution in [2.45, 2.75) is 6.18 Å². The molecule has 1 aromatic carbocycles. The molecule has 0 aliphatic heterocycles. The molecule has 0 saturated carbocycles. The van der Waals surface area contributed by atoms with Crippen LogP contribution in [0.4, 0.5) is 13.2 Å². The van der Waals surface area contributed by atoms with Crippen molar-refractivity contribution in [3.63, 3.8) is 0 Å². The van der Waals surface area contributed by atoms with Gasteiger partial charge in [0.1, 0.15) is 5.56 Å². The number of aromatic nitrogens is 3. The smallest absolute Gasteiger partial charge is 0.416 e. The Kier molecular flexibility index (Phi) is 3.09. The summed E-state index contributed by atoms with van der Waals surface area (Å²) in [6, 6.07) is 6.04. The third-order valence-electron chi connectivity index (χ3n) is 3.11. The highest BCUT2D eigenvalue weighted by molar-refractivity contribution is 5.94. The molecule has 1 N–H and O–H groups in total. The van der Waals surface area contributed by atoms with Gasteiger partial charge in [-0.15, -0.1) is 0 Å². The van der Waals surface area contributed by atoms with Crippen molar-refractivity contribution in [3.05, 3.63) is 53.9 Å². The number of carboxylic acids is 1. The predicted octanol–water partition coefficient (Wildman–Crippen LogP) is 3.11. The van der Waals surface area contributed by atoms with Gasteiger partial charge in [-0.05, 0) is 18.2 Å². The Hall–Kier alpha value is -2.90. The molecule has 0 unspecified atom stereocenters. The number of nitrogens with zero attached hydrogens (tertiary/aromatic N) is 3. The Bertz CT molecular complexity index is 854. The minimum atomic E-state index is -4.40. The average Bonchev–Trinajstić information content (AvgIpc) is 2.89. The van der Waals surface area contributed by atoms with Crippen LogP contribution in [0.2, 0.25) is 0 Å². The van der Waals surface area contributed by atoms with E-state index in [1.165, 1.54) is 29.0 Å². The van der Waals surface area contributed by atoms with Gasteiger partial charge in [-0.1, -0.05) is 12.1 Å². The van der Waals surface area contributed by atoms with Gasteiger partial charge >= 0.3 is 12.1 Å². The Balaban J connectivity index is 2.06. The van der Waals surface area contributed by atoms with Crippen LogP contribution in [0.3, 0.4) is 0 Å². The highest BCUT2D eigenvalue weighted by atomic mass is 19.4. The normalized spacial score (nSPS) is 11.8. The number of rotatable bonds is 2. The van der Waals surface area contributed by atoms with Gasteiger partial charge in [-0.2, -0.15) is 18.3 Å². The summed E-state index contributed by atoms with van der Waals surface area (Å²) in [6.07, 6.45) is -1.74. The molecule has 3 rings (SSSR count). The van der Waals surface area contributed by atoms with Crippen molar-refractivity contribution >= 4 is 11.6 Å². The summed E-state index contributed by atoms with van der Waals surface area (Å²) >= 11 is 0. The summed E-state index contributed by atoms with van der Waals surface area (Å²) in [6.45, 7) is 0. The molecule has 0 atom stereocenters. The van der Waals surface area contributed by atoms with Crippen molar-refractivity contribution in [1.29, 1.82) is 0 Å². The van der Waals surface area contributed by atoms with E-state index >= 15 is 0 Å². The van der Waals surface area contributed by atoms with Gasteiger partial charge in [0, 0.05) is 11.8 Å². The molecular weight excluding hydrogens is 299 g/mol. The van der Waals surface area contributed by atoms with Crippen LogP contribution in [0.25, 0.3) is 16.9 Å². The zero-order chi connectivity index (χ0) is 15.9. The topological polar surface area (TPSA) is 67.5 Å². The highest BCUT2D eigenvalue weighted by Gasteiger charge is 2.30. The number of hydrogen-bond donors (Lipinski definition) is 1. The molecular formula is C14H8F3N3O2. The maximum atomic E-state index is 12.5. The van der Waals surface area contributed by atoms with Crippen molar-refractivity contribution in [1.82, 2.24) is 14.6 Å². The lowest BCUT2D eigenvalue weighted by Gasteiger charge is -2.07. The maximum absolute atomic E-state index is 12.5. The highest BCUT2D eigenvalue weighted by Crippen LogP contribution is 2.30. The first kappa shape index (κ1) is 14.1. The predicted molar refractivity (Wildman–Crippen MR) is 70.4 cm³/mol. The second kappa shape index (κ2) is 4.83. The maximum Gasteiger partial charge on any atom is 0.416 e. The van der Waals surface area contributed by atoms with Crippen LogP contribution in [0.5, 0.6) is 0 Å². The first-order valence-electron chi connectivity index (χ1n) is 6.11. The fourth-order valence-corrected chi connectivity index (χ4v) is 2.01. The van der Waals surface area contributed by atoms with E-state index in [4.69, 9.17) is 5.11 Å².